The molecule has 0 spiro atoms. The van der Waals surface area contributed by atoms with Crippen LogP contribution in [0.2, 0.25) is 0 Å². The number of phenolic OH excluding ortho intramolecular Hbond substituents is 1. The highest BCUT2D eigenvalue weighted by Gasteiger charge is 2.42. The van der Waals surface area contributed by atoms with Gasteiger partial charge in [0.05, 0.1) is 12.5 Å². The third-order valence-electron chi connectivity index (χ3n) is 6.59. The Kier molecular flexibility index (Phi) is 6.92. The standard InChI is InChI=1S/C28H36N2O4/c1-27(2,3)21-13-18(14-22(24(21)32)28(4,5)6)23(31)16-30-15-20(26(33)34)19(25(30)29)12-17-10-8-7-9-11-17/h7-11,13-14,19-20,29,32H,12,15-16H2,1-6H3,(H,33,34). The van der Waals surface area contributed by atoms with Crippen LogP contribution in [-0.2, 0) is 22.0 Å². The predicted octanol–water partition coefficient (Wildman–Crippen LogP) is 5.02. The van der Waals surface area contributed by atoms with Crippen LogP contribution < -0.4 is 0 Å². The monoisotopic (exact) mass is 464 g/mol. The molecule has 0 bridgehead atoms. The minimum Gasteiger partial charge on any atom is -0.507 e. The summed E-state index contributed by atoms with van der Waals surface area (Å²) >= 11 is 0. The maximum Gasteiger partial charge on any atom is 0.309 e. The second-order valence-electron chi connectivity index (χ2n) is 11.3. The van der Waals surface area contributed by atoms with Gasteiger partial charge in [0.1, 0.15) is 11.6 Å². The van der Waals surface area contributed by atoms with Gasteiger partial charge in [0.25, 0.3) is 0 Å². The molecule has 6 nitrogen and oxygen atoms in total. The normalized spacial score (nSPS) is 18.9. The molecule has 0 saturated carbocycles. The van der Waals surface area contributed by atoms with Crippen molar-refractivity contribution in [3.8, 4) is 5.75 Å². The van der Waals surface area contributed by atoms with Gasteiger partial charge in [-0.25, -0.2) is 0 Å². The lowest BCUT2D eigenvalue weighted by Crippen LogP contribution is -2.33. The maximum absolute atomic E-state index is 13.4. The average Bonchev–Trinajstić information content (AvgIpc) is 3.03. The molecule has 2 unspecified atom stereocenters. The van der Waals surface area contributed by atoms with E-state index in [1.165, 1.54) is 0 Å². The highest BCUT2D eigenvalue weighted by molar-refractivity contribution is 6.01. The lowest BCUT2D eigenvalue weighted by atomic mass is 9.78. The molecule has 1 aliphatic heterocycles. The van der Waals surface area contributed by atoms with Gasteiger partial charge in [-0.3, -0.25) is 15.0 Å². The molecule has 0 amide bonds. The first-order valence-corrected chi connectivity index (χ1v) is 11.7. The van der Waals surface area contributed by atoms with E-state index in [1.54, 1.807) is 17.0 Å². The largest absolute Gasteiger partial charge is 0.507 e. The minimum absolute atomic E-state index is 0.0636. The minimum atomic E-state index is -0.949. The van der Waals surface area contributed by atoms with Crippen molar-refractivity contribution >= 4 is 17.6 Å². The smallest absolute Gasteiger partial charge is 0.309 e. The molecule has 3 N–H and O–H groups in total. The molecule has 0 radical (unpaired) electrons. The Labute approximate surface area is 202 Å². The van der Waals surface area contributed by atoms with E-state index in [0.29, 0.717) is 23.1 Å². The second kappa shape index (κ2) is 9.24. The van der Waals surface area contributed by atoms with Crippen molar-refractivity contribution in [2.45, 2.75) is 58.8 Å². The van der Waals surface area contributed by atoms with Crippen molar-refractivity contribution in [1.29, 1.82) is 5.41 Å². The van der Waals surface area contributed by atoms with E-state index < -0.39 is 17.8 Å². The Hall–Kier alpha value is -3.15. The van der Waals surface area contributed by atoms with Gasteiger partial charge in [0.2, 0.25) is 0 Å². The Morgan fingerprint density at radius 1 is 1.00 bits per heavy atom. The fourth-order valence-corrected chi connectivity index (χ4v) is 4.60. The molecule has 2 aromatic rings. The maximum atomic E-state index is 13.4. The summed E-state index contributed by atoms with van der Waals surface area (Å²) in [7, 11) is 0. The first kappa shape index (κ1) is 25.5. The van der Waals surface area contributed by atoms with Gasteiger partial charge in [-0.15, -0.1) is 0 Å². The summed E-state index contributed by atoms with van der Waals surface area (Å²) in [6.07, 6.45) is 0.447. The first-order valence-electron chi connectivity index (χ1n) is 11.7. The number of ketones is 1. The first-order chi connectivity index (χ1) is 15.7. The zero-order chi connectivity index (χ0) is 25.4. The molecule has 3 rings (SSSR count). The summed E-state index contributed by atoms with van der Waals surface area (Å²) < 4.78 is 0. The van der Waals surface area contributed by atoms with Gasteiger partial charge in [-0.2, -0.15) is 0 Å². The fourth-order valence-electron chi connectivity index (χ4n) is 4.60. The molecule has 182 valence electrons. The number of nitrogens with one attached hydrogen (secondary N) is 1. The number of likely N-dealkylation sites (tertiary alicyclic amines) is 1. The van der Waals surface area contributed by atoms with Crippen LogP contribution in [0.1, 0.15) is 68.6 Å². The molecule has 1 saturated heterocycles. The van der Waals surface area contributed by atoms with Crippen LogP contribution in [0.5, 0.6) is 5.75 Å². The number of aromatic hydroxyl groups is 1. The lowest BCUT2D eigenvalue weighted by Gasteiger charge is -2.28. The van der Waals surface area contributed by atoms with Gasteiger partial charge < -0.3 is 15.1 Å². The number of nitrogens with zero attached hydrogens (tertiary/aromatic N) is 1. The summed E-state index contributed by atoms with van der Waals surface area (Å²) in [5.41, 5.74) is 2.11. The molecular weight excluding hydrogens is 428 g/mol. The van der Waals surface area contributed by atoms with Crippen molar-refractivity contribution in [2.24, 2.45) is 11.8 Å². The molecule has 0 aromatic heterocycles. The fraction of sp³-hybridized carbons (Fsp3) is 0.464. The van der Waals surface area contributed by atoms with Crippen LogP contribution in [0.3, 0.4) is 0 Å². The highest BCUT2D eigenvalue weighted by Crippen LogP contribution is 2.40. The number of carboxylic acids is 1. The van der Waals surface area contributed by atoms with Crippen LogP contribution in [-0.4, -0.2) is 45.8 Å². The third-order valence-corrected chi connectivity index (χ3v) is 6.59. The Morgan fingerprint density at radius 2 is 1.53 bits per heavy atom. The SMILES string of the molecule is CC(C)(C)c1cc(C(=O)CN2CC(C(=O)O)C(Cc3ccccc3)C2=N)cc(C(C)(C)C)c1O. The van der Waals surface area contributed by atoms with E-state index in [2.05, 4.69) is 0 Å². The number of benzene rings is 2. The van der Waals surface area contributed by atoms with Crippen LogP contribution in [0.25, 0.3) is 0 Å². The number of phenols is 1. The number of carboxylic acid groups (broad SMARTS) is 1. The molecule has 1 aliphatic rings. The molecule has 0 aliphatic carbocycles. The van der Waals surface area contributed by atoms with Gasteiger partial charge in [0.15, 0.2) is 5.78 Å². The molecule has 1 fully saturated rings. The number of amidine groups is 1. The van der Waals surface area contributed by atoms with E-state index in [4.69, 9.17) is 5.41 Å². The summed E-state index contributed by atoms with van der Waals surface area (Å²) in [5, 5.41) is 29.4. The molecule has 1 heterocycles. The highest BCUT2D eigenvalue weighted by atomic mass is 16.4. The average molecular weight is 465 g/mol. The van der Waals surface area contributed by atoms with Crippen molar-refractivity contribution in [1.82, 2.24) is 4.90 Å². The van der Waals surface area contributed by atoms with Crippen molar-refractivity contribution in [3.63, 3.8) is 0 Å². The molecule has 34 heavy (non-hydrogen) atoms. The quantitative estimate of drug-likeness (QED) is 0.521. The number of carbonyl (C=O) groups excluding carboxylic acids is 1. The van der Waals surface area contributed by atoms with Gasteiger partial charge in [-0.1, -0.05) is 71.9 Å². The molecule has 2 atom stereocenters. The molecule has 6 heteroatoms. The summed E-state index contributed by atoms with van der Waals surface area (Å²) in [5.74, 6) is -1.96. The van der Waals surface area contributed by atoms with Crippen LogP contribution in [0.15, 0.2) is 42.5 Å². The molecular formula is C28H36N2O4. The Morgan fingerprint density at radius 3 is 2.00 bits per heavy atom. The van der Waals surface area contributed by atoms with Crippen molar-refractivity contribution < 1.29 is 19.8 Å². The zero-order valence-corrected chi connectivity index (χ0v) is 21.0. The summed E-state index contributed by atoms with van der Waals surface area (Å²) in [4.78, 5) is 26.9. The third kappa shape index (κ3) is 5.32. The van der Waals surface area contributed by atoms with Crippen LogP contribution in [0.4, 0.5) is 0 Å². The second-order valence-corrected chi connectivity index (χ2v) is 11.3. The summed E-state index contributed by atoms with van der Waals surface area (Å²) in [6, 6.07) is 13.0. The van der Waals surface area contributed by atoms with Crippen LogP contribution >= 0.6 is 0 Å². The van der Waals surface area contributed by atoms with Crippen molar-refractivity contribution in [2.75, 3.05) is 13.1 Å². The van der Waals surface area contributed by atoms with Gasteiger partial charge in [0, 0.05) is 29.2 Å². The number of hydrogen-bond donors (Lipinski definition) is 3. The Bertz CT molecular complexity index is 1060. The number of carbonyl (C=O) groups is 2. The lowest BCUT2D eigenvalue weighted by molar-refractivity contribution is -0.142. The van der Waals surface area contributed by atoms with E-state index >= 15 is 0 Å². The van der Waals surface area contributed by atoms with Gasteiger partial charge >= 0.3 is 5.97 Å². The number of Topliss-reactive ketones (excluding diaryl/α,β-unsaturated/α-hetero) is 1. The zero-order valence-electron chi connectivity index (χ0n) is 21.0. The van der Waals surface area contributed by atoms with Crippen LogP contribution in [0, 0.1) is 17.2 Å². The van der Waals surface area contributed by atoms with E-state index in [9.17, 15) is 19.8 Å². The number of aliphatic carboxylic acids is 1. The van der Waals surface area contributed by atoms with Crippen molar-refractivity contribution in [3.05, 3.63) is 64.7 Å². The summed E-state index contributed by atoms with van der Waals surface area (Å²) in [6.45, 7) is 12.0. The Balaban J connectivity index is 1.90. The van der Waals surface area contributed by atoms with Gasteiger partial charge in [-0.05, 0) is 34.9 Å². The number of hydrogen-bond acceptors (Lipinski definition) is 4. The van der Waals surface area contributed by atoms with E-state index in [-0.39, 0.29) is 41.3 Å². The van der Waals surface area contributed by atoms with E-state index in [0.717, 1.165) is 5.56 Å². The number of rotatable bonds is 6. The topological polar surface area (TPSA) is 102 Å². The molecule has 2 aromatic carbocycles. The van der Waals surface area contributed by atoms with E-state index in [1.807, 2.05) is 71.9 Å². The predicted molar refractivity (Wildman–Crippen MR) is 134 cm³/mol.